The molecular formula is C21H20N4O3S. The lowest BCUT2D eigenvalue weighted by Gasteiger charge is -2.07. The monoisotopic (exact) mass is 408 g/mol. The third kappa shape index (κ3) is 7.11. The molecule has 0 radical (unpaired) electrons. The molecule has 1 amide bonds. The molecular weight excluding hydrogens is 388 g/mol. The molecule has 0 saturated carbocycles. The SMILES string of the molecule is O=C(COc1ccc(C=NNC(=S)Nc2ccccc2)cc1)NCc1ccco1. The fourth-order valence-electron chi connectivity index (χ4n) is 2.29. The summed E-state index contributed by atoms with van der Waals surface area (Å²) in [6.07, 6.45) is 3.20. The van der Waals surface area contributed by atoms with Gasteiger partial charge < -0.3 is 19.8 Å². The van der Waals surface area contributed by atoms with Crippen LogP contribution in [0.3, 0.4) is 0 Å². The van der Waals surface area contributed by atoms with Crippen molar-refractivity contribution in [2.24, 2.45) is 5.10 Å². The molecule has 3 N–H and O–H groups in total. The maximum atomic E-state index is 11.8. The van der Waals surface area contributed by atoms with Gasteiger partial charge in [0.25, 0.3) is 5.91 Å². The van der Waals surface area contributed by atoms with Gasteiger partial charge in [0, 0.05) is 5.69 Å². The van der Waals surface area contributed by atoms with Crippen molar-refractivity contribution < 1.29 is 13.9 Å². The van der Waals surface area contributed by atoms with Crippen LogP contribution in [-0.4, -0.2) is 23.8 Å². The molecule has 0 aliphatic heterocycles. The van der Waals surface area contributed by atoms with Crippen LogP contribution in [0.2, 0.25) is 0 Å². The summed E-state index contributed by atoms with van der Waals surface area (Å²) in [6, 6.07) is 20.3. The Morgan fingerprint density at radius 1 is 1.07 bits per heavy atom. The Bertz CT molecular complexity index is 942. The van der Waals surface area contributed by atoms with Crippen LogP contribution < -0.4 is 20.8 Å². The number of amides is 1. The van der Waals surface area contributed by atoms with Gasteiger partial charge in [0.2, 0.25) is 0 Å². The molecule has 1 aromatic heterocycles. The smallest absolute Gasteiger partial charge is 0.258 e. The first-order valence-corrected chi connectivity index (χ1v) is 9.27. The minimum absolute atomic E-state index is 0.0743. The maximum Gasteiger partial charge on any atom is 0.258 e. The van der Waals surface area contributed by atoms with Crippen LogP contribution in [0.4, 0.5) is 5.69 Å². The highest BCUT2D eigenvalue weighted by atomic mass is 32.1. The Balaban J connectivity index is 1.38. The highest BCUT2D eigenvalue weighted by Crippen LogP contribution is 2.11. The minimum atomic E-state index is -0.226. The Morgan fingerprint density at radius 2 is 1.86 bits per heavy atom. The molecule has 148 valence electrons. The fraction of sp³-hybridized carbons (Fsp3) is 0.0952. The predicted octanol–water partition coefficient (Wildman–Crippen LogP) is 3.30. The summed E-state index contributed by atoms with van der Waals surface area (Å²) in [5.41, 5.74) is 4.50. The van der Waals surface area contributed by atoms with Gasteiger partial charge in [-0.3, -0.25) is 10.2 Å². The van der Waals surface area contributed by atoms with E-state index in [1.807, 2.05) is 42.5 Å². The topological polar surface area (TPSA) is 87.9 Å². The summed E-state index contributed by atoms with van der Waals surface area (Å²) in [7, 11) is 0. The molecule has 2 aromatic carbocycles. The van der Waals surface area contributed by atoms with Crippen molar-refractivity contribution >= 4 is 35.1 Å². The van der Waals surface area contributed by atoms with Crippen LogP contribution in [0, 0.1) is 0 Å². The van der Waals surface area contributed by atoms with Crippen LogP contribution >= 0.6 is 12.2 Å². The van der Waals surface area contributed by atoms with Gasteiger partial charge in [-0.05, 0) is 66.3 Å². The summed E-state index contributed by atoms with van der Waals surface area (Å²) in [5.74, 6) is 1.05. The van der Waals surface area contributed by atoms with Gasteiger partial charge >= 0.3 is 0 Å². The van der Waals surface area contributed by atoms with Gasteiger partial charge in [-0.1, -0.05) is 18.2 Å². The van der Waals surface area contributed by atoms with Crippen LogP contribution in [0.25, 0.3) is 0 Å². The third-order valence-corrected chi connectivity index (χ3v) is 3.89. The Kier molecular flexibility index (Phi) is 7.36. The van der Waals surface area contributed by atoms with E-state index >= 15 is 0 Å². The Morgan fingerprint density at radius 3 is 2.59 bits per heavy atom. The number of benzene rings is 2. The molecule has 3 aromatic rings. The highest BCUT2D eigenvalue weighted by molar-refractivity contribution is 7.80. The number of hydrogen-bond acceptors (Lipinski definition) is 5. The number of para-hydroxylation sites is 1. The average molecular weight is 408 g/mol. The van der Waals surface area contributed by atoms with E-state index in [0.29, 0.717) is 23.2 Å². The molecule has 0 aliphatic rings. The second kappa shape index (κ2) is 10.6. The molecule has 0 bridgehead atoms. The van der Waals surface area contributed by atoms with Gasteiger partial charge in [-0.15, -0.1) is 0 Å². The molecule has 0 unspecified atom stereocenters. The summed E-state index contributed by atoms with van der Waals surface area (Å²) in [4.78, 5) is 11.8. The third-order valence-electron chi connectivity index (χ3n) is 3.70. The van der Waals surface area contributed by atoms with Crippen molar-refractivity contribution in [1.82, 2.24) is 10.7 Å². The first-order chi connectivity index (χ1) is 14.2. The van der Waals surface area contributed by atoms with Crippen LogP contribution in [-0.2, 0) is 11.3 Å². The minimum Gasteiger partial charge on any atom is -0.484 e. The molecule has 8 heteroatoms. The molecule has 7 nitrogen and oxygen atoms in total. The second-order valence-corrected chi connectivity index (χ2v) is 6.31. The zero-order valence-corrected chi connectivity index (χ0v) is 16.3. The number of rotatable bonds is 8. The lowest BCUT2D eigenvalue weighted by atomic mass is 10.2. The number of hydrogen-bond donors (Lipinski definition) is 3. The number of carbonyl (C=O) groups is 1. The van der Waals surface area contributed by atoms with E-state index in [1.165, 1.54) is 0 Å². The Labute approximate surface area is 173 Å². The summed E-state index contributed by atoms with van der Waals surface area (Å²) in [6.45, 7) is 0.258. The largest absolute Gasteiger partial charge is 0.484 e. The molecule has 0 spiro atoms. The van der Waals surface area contributed by atoms with Crippen LogP contribution in [0.1, 0.15) is 11.3 Å². The molecule has 1 heterocycles. The number of hydrazone groups is 1. The van der Waals surface area contributed by atoms with Crippen molar-refractivity contribution in [2.75, 3.05) is 11.9 Å². The number of carbonyl (C=O) groups excluding carboxylic acids is 1. The summed E-state index contributed by atoms with van der Waals surface area (Å²) < 4.78 is 10.6. The van der Waals surface area contributed by atoms with E-state index < -0.39 is 0 Å². The van der Waals surface area contributed by atoms with Gasteiger partial charge in [0.15, 0.2) is 11.7 Å². The average Bonchev–Trinajstić information content (AvgIpc) is 3.26. The van der Waals surface area contributed by atoms with Gasteiger partial charge in [0.05, 0.1) is 19.0 Å². The number of ether oxygens (including phenoxy) is 1. The normalized spacial score (nSPS) is 10.5. The molecule has 29 heavy (non-hydrogen) atoms. The summed E-state index contributed by atoms with van der Waals surface area (Å²) in [5, 5.41) is 10.2. The zero-order chi connectivity index (χ0) is 20.3. The van der Waals surface area contributed by atoms with Gasteiger partial charge in [-0.2, -0.15) is 5.10 Å². The van der Waals surface area contributed by atoms with Crippen molar-refractivity contribution in [3.05, 3.63) is 84.3 Å². The number of anilines is 1. The lowest BCUT2D eigenvalue weighted by Crippen LogP contribution is -2.28. The molecule has 0 saturated heterocycles. The van der Waals surface area contributed by atoms with Gasteiger partial charge in [-0.25, -0.2) is 0 Å². The van der Waals surface area contributed by atoms with E-state index in [2.05, 4.69) is 21.2 Å². The predicted molar refractivity (Wildman–Crippen MR) is 116 cm³/mol. The van der Waals surface area contributed by atoms with Crippen LogP contribution in [0.15, 0.2) is 82.5 Å². The summed E-state index contributed by atoms with van der Waals surface area (Å²) >= 11 is 5.18. The second-order valence-electron chi connectivity index (χ2n) is 5.90. The van der Waals surface area contributed by atoms with E-state index in [4.69, 9.17) is 21.4 Å². The fourth-order valence-corrected chi connectivity index (χ4v) is 2.47. The zero-order valence-electron chi connectivity index (χ0n) is 15.5. The quantitative estimate of drug-likeness (QED) is 0.301. The van der Waals surface area contributed by atoms with Crippen LogP contribution in [0.5, 0.6) is 5.75 Å². The van der Waals surface area contributed by atoms with E-state index in [-0.39, 0.29) is 12.5 Å². The molecule has 0 fully saturated rings. The van der Waals surface area contributed by atoms with Crippen molar-refractivity contribution in [2.45, 2.75) is 6.54 Å². The molecule has 0 atom stereocenters. The number of thiocarbonyl (C=S) groups is 1. The van der Waals surface area contributed by atoms with E-state index in [9.17, 15) is 4.79 Å². The highest BCUT2D eigenvalue weighted by Gasteiger charge is 2.04. The number of nitrogens with zero attached hydrogens (tertiary/aromatic N) is 1. The lowest BCUT2D eigenvalue weighted by molar-refractivity contribution is -0.123. The van der Waals surface area contributed by atoms with Gasteiger partial charge in [0.1, 0.15) is 11.5 Å². The number of nitrogens with one attached hydrogen (secondary N) is 3. The maximum absolute atomic E-state index is 11.8. The molecule has 0 aliphatic carbocycles. The van der Waals surface area contributed by atoms with Crippen molar-refractivity contribution in [1.29, 1.82) is 0 Å². The first-order valence-electron chi connectivity index (χ1n) is 8.86. The number of furan rings is 1. The van der Waals surface area contributed by atoms with Crippen molar-refractivity contribution in [3.63, 3.8) is 0 Å². The Hall–Kier alpha value is -3.65. The van der Waals surface area contributed by atoms with E-state index in [1.54, 1.807) is 36.7 Å². The standard InChI is InChI=1S/C21H20N4O3S/c26-20(22-14-19-7-4-12-27-19)15-28-18-10-8-16(9-11-18)13-23-25-21(29)24-17-5-2-1-3-6-17/h1-13H,14-15H2,(H,22,26)(H2,24,25,29). The van der Waals surface area contributed by atoms with Crippen molar-refractivity contribution in [3.8, 4) is 5.75 Å². The molecule has 3 rings (SSSR count). The van der Waals surface area contributed by atoms with E-state index in [0.717, 1.165) is 11.3 Å². The first kappa shape index (κ1) is 20.1.